The Bertz CT molecular complexity index is 1570. The molecule has 1 aromatic heterocycles. The van der Waals surface area contributed by atoms with Crippen molar-refractivity contribution in [1.82, 2.24) is 9.88 Å². The van der Waals surface area contributed by atoms with Crippen molar-refractivity contribution in [2.45, 2.75) is 37.5 Å². The van der Waals surface area contributed by atoms with E-state index in [9.17, 15) is 18.7 Å². The van der Waals surface area contributed by atoms with Gasteiger partial charge in [-0.1, -0.05) is 18.2 Å². The number of hydrogen-bond donors (Lipinski definition) is 2. The van der Waals surface area contributed by atoms with Crippen LogP contribution >= 0.6 is 24.2 Å². The van der Waals surface area contributed by atoms with Crippen molar-refractivity contribution < 1.29 is 23.4 Å². The van der Waals surface area contributed by atoms with E-state index in [-0.39, 0.29) is 36.4 Å². The topological polar surface area (TPSA) is 63.5 Å². The number of esters is 1. The highest BCUT2D eigenvalue weighted by molar-refractivity contribution is 7.98. The van der Waals surface area contributed by atoms with E-state index < -0.39 is 5.97 Å². The Morgan fingerprint density at radius 3 is 2.52 bits per heavy atom. The van der Waals surface area contributed by atoms with Crippen molar-refractivity contribution in [3.63, 3.8) is 0 Å². The summed E-state index contributed by atoms with van der Waals surface area (Å²) < 4.78 is 34.9. The maximum Gasteiger partial charge on any atom is 0.340 e. The van der Waals surface area contributed by atoms with E-state index in [2.05, 4.69) is 11.4 Å². The van der Waals surface area contributed by atoms with Gasteiger partial charge in [-0.15, -0.1) is 24.2 Å². The summed E-state index contributed by atoms with van der Waals surface area (Å²) in [5.74, 6) is -0.589. The van der Waals surface area contributed by atoms with Gasteiger partial charge in [-0.3, -0.25) is 0 Å². The van der Waals surface area contributed by atoms with E-state index in [1.54, 1.807) is 31.2 Å². The number of nitrogens with zero attached hydrogens (tertiary/aromatic N) is 1. The zero-order valence-electron chi connectivity index (χ0n) is 22.3. The number of aromatic hydroxyl groups is 1. The average molecular weight is 585 g/mol. The Balaban J connectivity index is 0.00000370. The van der Waals surface area contributed by atoms with Crippen LogP contribution in [0.5, 0.6) is 5.75 Å². The first-order chi connectivity index (χ1) is 18.9. The lowest BCUT2D eigenvalue weighted by atomic mass is 9.97. The fraction of sp³-hybridized carbons (Fsp3) is 0.258. The minimum absolute atomic E-state index is 0. The molecular formula is C31H31ClF2N2O3S. The van der Waals surface area contributed by atoms with Gasteiger partial charge in [0.2, 0.25) is 0 Å². The molecule has 1 aliphatic rings. The van der Waals surface area contributed by atoms with Crippen LogP contribution in [0.2, 0.25) is 0 Å². The normalized spacial score (nSPS) is 13.2. The van der Waals surface area contributed by atoms with E-state index in [4.69, 9.17) is 4.74 Å². The zero-order chi connectivity index (χ0) is 27.5. The Labute approximate surface area is 242 Å². The van der Waals surface area contributed by atoms with E-state index in [1.807, 2.05) is 17.6 Å². The second-order valence-electron chi connectivity index (χ2n) is 9.52. The summed E-state index contributed by atoms with van der Waals surface area (Å²) >= 11 is 1.50. The quantitative estimate of drug-likeness (QED) is 0.169. The maximum absolute atomic E-state index is 13.7. The van der Waals surface area contributed by atoms with Crippen LogP contribution in [-0.2, 0) is 17.0 Å². The molecule has 2 heterocycles. The Hall–Kier alpha value is -3.33. The van der Waals surface area contributed by atoms with Crippen LogP contribution < -0.4 is 5.32 Å². The predicted octanol–water partition coefficient (Wildman–Crippen LogP) is 7.25. The lowest BCUT2D eigenvalue weighted by Gasteiger charge is -2.17. The summed E-state index contributed by atoms with van der Waals surface area (Å²) in [4.78, 5) is 14.3. The van der Waals surface area contributed by atoms with Gasteiger partial charge in [-0.2, -0.15) is 0 Å². The molecule has 9 heteroatoms. The van der Waals surface area contributed by atoms with Gasteiger partial charge in [0.1, 0.15) is 17.4 Å². The molecule has 1 aliphatic heterocycles. The predicted molar refractivity (Wildman–Crippen MR) is 158 cm³/mol. The first-order valence-electron chi connectivity index (χ1n) is 12.9. The number of aromatic nitrogens is 1. The number of phenolic OH excluding ortho intramolecular Hbond substituents is 1. The molecule has 5 nitrogen and oxygen atoms in total. The second kappa shape index (κ2) is 12.9. The molecule has 210 valence electrons. The minimum atomic E-state index is -0.472. The number of rotatable bonds is 8. The molecule has 0 saturated heterocycles. The van der Waals surface area contributed by atoms with Crippen LogP contribution in [0.25, 0.3) is 16.5 Å². The molecule has 0 amide bonds. The highest BCUT2D eigenvalue weighted by Gasteiger charge is 2.26. The van der Waals surface area contributed by atoms with Crippen LogP contribution in [0.3, 0.4) is 0 Å². The van der Waals surface area contributed by atoms with Crippen LogP contribution in [0, 0.1) is 18.6 Å². The first kappa shape index (κ1) is 29.6. The SMILES string of the molecule is CCOC(=O)c1c(CSc2ccc(F)cc2C)n(Cc2ccc(F)cc2)c2cc(C3=CCNCC3)c(O)cc12.Cl. The molecule has 0 unspecified atom stereocenters. The Morgan fingerprint density at radius 2 is 1.85 bits per heavy atom. The van der Waals surface area contributed by atoms with Crippen molar-refractivity contribution in [3.8, 4) is 5.75 Å². The summed E-state index contributed by atoms with van der Waals surface area (Å²) in [7, 11) is 0. The summed E-state index contributed by atoms with van der Waals surface area (Å²) in [5, 5.41) is 15.0. The number of halogens is 3. The van der Waals surface area contributed by atoms with Crippen LogP contribution in [-0.4, -0.2) is 35.3 Å². The fourth-order valence-corrected chi connectivity index (χ4v) is 6.06. The third-order valence-corrected chi connectivity index (χ3v) is 8.12. The van der Waals surface area contributed by atoms with Gasteiger partial charge in [-0.25, -0.2) is 13.6 Å². The smallest absolute Gasteiger partial charge is 0.340 e. The van der Waals surface area contributed by atoms with Crippen LogP contribution in [0.15, 0.2) is 65.6 Å². The van der Waals surface area contributed by atoms with E-state index >= 15 is 0 Å². The first-order valence-corrected chi connectivity index (χ1v) is 13.9. The Kier molecular flexibility index (Phi) is 9.56. The largest absolute Gasteiger partial charge is 0.507 e. The molecule has 0 bridgehead atoms. The Morgan fingerprint density at radius 1 is 1.10 bits per heavy atom. The van der Waals surface area contributed by atoms with Gasteiger partial charge < -0.3 is 19.7 Å². The molecule has 2 N–H and O–H groups in total. The molecule has 5 rings (SSSR count). The average Bonchev–Trinajstić information content (AvgIpc) is 3.21. The molecule has 0 aliphatic carbocycles. The monoisotopic (exact) mass is 584 g/mol. The highest BCUT2D eigenvalue weighted by atomic mass is 35.5. The third kappa shape index (κ3) is 6.19. The van der Waals surface area contributed by atoms with Gasteiger partial charge in [-0.05, 0) is 86.0 Å². The van der Waals surface area contributed by atoms with Crippen molar-refractivity contribution in [1.29, 1.82) is 0 Å². The number of carbonyl (C=O) groups excluding carboxylic acids is 1. The molecule has 0 fully saturated rings. The maximum atomic E-state index is 13.7. The number of fused-ring (bicyclic) bond motifs is 1. The van der Waals surface area contributed by atoms with Gasteiger partial charge in [0.05, 0.1) is 17.7 Å². The van der Waals surface area contributed by atoms with Crippen molar-refractivity contribution in [2.24, 2.45) is 0 Å². The minimum Gasteiger partial charge on any atom is -0.507 e. The number of carbonyl (C=O) groups is 1. The molecule has 0 atom stereocenters. The molecule has 3 aromatic carbocycles. The van der Waals surface area contributed by atoms with Crippen LogP contribution in [0.1, 0.15) is 46.1 Å². The molecule has 4 aromatic rings. The summed E-state index contributed by atoms with van der Waals surface area (Å²) in [5.41, 5.74) is 5.32. The molecular weight excluding hydrogens is 554 g/mol. The lowest BCUT2D eigenvalue weighted by molar-refractivity contribution is 0.0527. The van der Waals surface area contributed by atoms with Crippen molar-refractivity contribution in [3.05, 3.63) is 100 Å². The number of aryl methyl sites for hydroxylation is 1. The van der Waals surface area contributed by atoms with E-state index in [1.165, 1.54) is 36.0 Å². The number of nitrogens with one attached hydrogen (secondary N) is 1. The number of hydrogen-bond acceptors (Lipinski definition) is 5. The van der Waals surface area contributed by atoms with Gasteiger partial charge in [0, 0.05) is 40.4 Å². The standard InChI is InChI=1S/C31H30F2N2O3S.ClH/c1-3-38-31(37)30-25-16-28(36)24(21-10-12-34-13-11-21)15-26(25)35(17-20-4-6-22(32)7-5-20)27(30)18-39-29-9-8-23(33)14-19(29)2;/h4-10,14-16,34,36H,3,11-13,17-18H2,1-2H3;1H. The number of thioether (sulfide) groups is 1. The van der Waals surface area contributed by atoms with Crippen molar-refractivity contribution in [2.75, 3.05) is 19.7 Å². The summed E-state index contributed by atoms with van der Waals surface area (Å²) in [6.45, 7) is 5.73. The number of benzene rings is 3. The number of phenols is 1. The number of ether oxygens (including phenoxy) is 1. The van der Waals surface area contributed by atoms with Crippen LogP contribution in [0.4, 0.5) is 8.78 Å². The molecule has 0 spiro atoms. The van der Waals surface area contributed by atoms with E-state index in [0.29, 0.717) is 23.2 Å². The second-order valence-corrected chi connectivity index (χ2v) is 10.5. The van der Waals surface area contributed by atoms with E-state index in [0.717, 1.165) is 57.9 Å². The molecule has 0 radical (unpaired) electrons. The highest BCUT2D eigenvalue weighted by Crippen LogP contribution is 2.39. The van der Waals surface area contributed by atoms with Gasteiger partial charge in [0.25, 0.3) is 0 Å². The van der Waals surface area contributed by atoms with Gasteiger partial charge in [0.15, 0.2) is 0 Å². The van der Waals surface area contributed by atoms with Gasteiger partial charge >= 0.3 is 5.97 Å². The van der Waals surface area contributed by atoms with Crippen molar-refractivity contribution >= 4 is 46.6 Å². The fourth-order valence-electron chi connectivity index (χ4n) is 5.02. The third-order valence-electron chi connectivity index (χ3n) is 6.93. The summed E-state index contributed by atoms with van der Waals surface area (Å²) in [6, 6.07) is 14.5. The molecule has 0 saturated carbocycles. The molecule has 40 heavy (non-hydrogen) atoms. The zero-order valence-corrected chi connectivity index (χ0v) is 23.9. The lowest BCUT2D eigenvalue weighted by Crippen LogP contribution is -2.20. The summed E-state index contributed by atoms with van der Waals surface area (Å²) in [6.07, 6.45) is 2.84.